The van der Waals surface area contributed by atoms with Crippen LogP contribution in [0, 0.1) is 32.1 Å². The molecule has 0 unspecified atom stereocenters. The van der Waals surface area contributed by atoms with E-state index >= 15 is 0 Å². The van der Waals surface area contributed by atoms with Crippen LogP contribution in [0.4, 0.5) is 5.13 Å². The predicted molar refractivity (Wildman–Crippen MR) is 106 cm³/mol. The molecule has 0 aliphatic rings. The zero-order chi connectivity index (χ0) is 19.6. The number of nitrogens with one attached hydrogen (secondary N) is 1. The molecule has 0 saturated carbocycles. The average molecular weight is 378 g/mol. The van der Waals surface area contributed by atoms with Gasteiger partial charge in [0.1, 0.15) is 18.2 Å². The van der Waals surface area contributed by atoms with Crippen LogP contribution < -0.4 is 10.9 Å². The van der Waals surface area contributed by atoms with Crippen LogP contribution in [0.3, 0.4) is 0 Å². The van der Waals surface area contributed by atoms with Crippen LogP contribution in [0.5, 0.6) is 0 Å². The number of carbonyl (C=O) groups is 1. The summed E-state index contributed by atoms with van der Waals surface area (Å²) in [5, 5.41) is 14.2. The molecule has 3 rings (SSSR count). The number of hydrogen-bond donors (Lipinski definition) is 1. The number of anilines is 1. The van der Waals surface area contributed by atoms with Crippen LogP contribution in [-0.2, 0) is 11.3 Å². The first kappa shape index (κ1) is 18.5. The van der Waals surface area contributed by atoms with Gasteiger partial charge in [0.25, 0.3) is 5.56 Å². The van der Waals surface area contributed by atoms with Crippen molar-refractivity contribution in [2.24, 2.45) is 0 Å². The van der Waals surface area contributed by atoms with Gasteiger partial charge in [0.15, 0.2) is 5.13 Å². The normalized spacial score (nSPS) is 10.4. The van der Waals surface area contributed by atoms with E-state index in [1.807, 2.05) is 42.6 Å². The molecule has 0 aliphatic heterocycles. The van der Waals surface area contributed by atoms with Gasteiger partial charge < -0.3 is 9.88 Å². The fourth-order valence-electron chi connectivity index (χ4n) is 2.75. The van der Waals surface area contributed by atoms with Gasteiger partial charge in [0.2, 0.25) is 5.91 Å². The Bertz CT molecular complexity index is 1100. The number of nitrogens with zero attached hydrogens (tertiary/aromatic N) is 3. The number of nitriles is 1. The van der Waals surface area contributed by atoms with Gasteiger partial charge in [0.05, 0.1) is 5.69 Å². The summed E-state index contributed by atoms with van der Waals surface area (Å²) in [6, 6.07) is 11.6. The lowest BCUT2D eigenvalue weighted by Crippen LogP contribution is -2.31. The van der Waals surface area contributed by atoms with Gasteiger partial charge in [-0.2, -0.15) is 5.26 Å². The molecule has 0 spiro atoms. The van der Waals surface area contributed by atoms with E-state index in [-0.39, 0.29) is 18.0 Å². The third kappa shape index (κ3) is 3.96. The summed E-state index contributed by atoms with van der Waals surface area (Å²) in [5.74, 6) is -0.363. The van der Waals surface area contributed by atoms with E-state index in [9.17, 15) is 9.59 Å². The summed E-state index contributed by atoms with van der Waals surface area (Å²) < 4.78 is 1.30. The van der Waals surface area contributed by atoms with Crippen molar-refractivity contribution in [3.63, 3.8) is 0 Å². The molecular formula is C20H18N4O2S. The Labute approximate surface area is 160 Å². The van der Waals surface area contributed by atoms with E-state index in [0.29, 0.717) is 16.4 Å². The minimum atomic E-state index is -0.454. The second kappa shape index (κ2) is 7.56. The maximum atomic E-state index is 12.4. The first-order valence-corrected chi connectivity index (χ1v) is 9.20. The third-order valence-electron chi connectivity index (χ3n) is 4.22. The number of thiazole rings is 1. The van der Waals surface area contributed by atoms with Gasteiger partial charge >= 0.3 is 0 Å². The third-order valence-corrected chi connectivity index (χ3v) is 4.97. The number of pyridine rings is 1. The second-order valence-corrected chi connectivity index (χ2v) is 7.16. The highest BCUT2D eigenvalue weighted by Gasteiger charge is 2.14. The summed E-state index contributed by atoms with van der Waals surface area (Å²) in [6.45, 7) is 5.30. The smallest absolute Gasteiger partial charge is 0.269 e. The molecule has 1 amide bonds. The molecule has 0 aliphatic carbocycles. The van der Waals surface area contributed by atoms with Crippen molar-refractivity contribution in [2.45, 2.75) is 27.3 Å². The van der Waals surface area contributed by atoms with Crippen LogP contribution in [0.15, 0.2) is 40.5 Å². The fourth-order valence-corrected chi connectivity index (χ4v) is 3.49. The molecule has 2 aromatic heterocycles. The standard InChI is InChI=1S/C20H18N4O2S/c1-12-4-6-15(7-5-12)17-11-27-20(22-17)23-18(25)10-24-14(3)8-13(2)16(9-21)19(24)26/h4-8,11H,10H2,1-3H3,(H,22,23,25). The molecule has 1 N–H and O–H groups in total. The number of benzene rings is 1. The number of rotatable bonds is 4. The molecule has 27 heavy (non-hydrogen) atoms. The SMILES string of the molecule is Cc1ccc(-c2csc(NC(=O)Cn3c(C)cc(C)c(C#N)c3=O)n2)cc1. The average Bonchev–Trinajstić information content (AvgIpc) is 3.08. The number of amides is 1. The van der Waals surface area contributed by atoms with Gasteiger partial charge in [-0.1, -0.05) is 29.8 Å². The number of aryl methyl sites for hydroxylation is 3. The van der Waals surface area contributed by atoms with Gasteiger partial charge in [-0.05, 0) is 32.4 Å². The molecule has 1 aromatic carbocycles. The monoisotopic (exact) mass is 378 g/mol. The van der Waals surface area contributed by atoms with Gasteiger partial charge in [-0.15, -0.1) is 11.3 Å². The molecule has 3 aromatic rings. The van der Waals surface area contributed by atoms with Gasteiger partial charge in [-0.3, -0.25) is 9.59 Å². The molecule has 0 fully saturated rings. The molecule has 0 atom stereocenters. The quantitative estimate of drug-likeness (QED) is 0.754. The Morgan fingerprint density at radius 3 is 2.63 bits per heavy atom. The Hall–Kier alpha value is -3.24. The number of hydrogen-bond acceptors (Lipinski definition) is 5. The molecule has 7 heteroatoms. The van der Waals surface area contributed by atoms with Crippen LogP contribution >= 0.6 is 11.3 Å². The minimum absolute atomic E-state index is 0.0595. The van der Waals surface area contributed by atoms with E-state index in [1.165, 1.54) is 15.9 Å². The summed E-state index contributed by atoms with van der Waals surface area (Å²) in [6.07, 6.45) is 0. The highest BCUT2D eigenvalue weighted by molar-refractivity contribution is 7.14. The van der Waals surface area contributed by atoms with E-state index in [2.05, 4.69) is 10.3 Å². The van der Waals surface area contributed by atoms with E-state index in [4.69, 9.17) is 5.26 Å². The highest BCUT2D eigenvalue weighted by atomic mass is 32.1. The Balaban J connectivity index is 1.77. The first-order chi connectivity index (χ1) is 12.9. The molecule has 6 nitrogen and oxygen atoms in total. The maximum Gasteiger partial charge on any atom is 0.269 e. The molecule has 0 radical (unpaired) electrons. The number of carbonyl (C=O) groups excluding carboxylic acids is 1. The molecular weight excluding hydrogens is 360 g/mol. The maximum absolute atomic E-state index is 12.4. The zero-order valence-electron chi connectivity index (χ0n) is 15.2. The zero-order valence-corrected chi connectivity index (χ0v) is 16.1. The van der Waals surface area contributed by atoms with Crippen molar-refractivity contribution in [3.8, 4) is 17.3 Å². The lowest BCUT2D eigenvalue weighted by Gasteiger charge is -2.11. The van der Waals surface area contributed by atoms with Crippen LogP contribution in [-0.4, -0.2) is 15.5 Å². The summed E-state index contributed by atoms with van der Waals surface area (Å²) >= 11 is 1.32. The Kier molecular flexibility index (Phi) is 5.19. The lowest BCUT2D eigenvalue weighted by molar-refractivity contribution is -0.116. The molecule has 0 saturated heterocycles. The highest BCUT2D eigenvalue weighted by Crippen LogP contribution is 2.25. The van der Waals surface area contributed by atoms with Crippen LogP contribution in [0.1, 0.15) is 22.4 Å². The summed E-state index contributed by atoms with van der Waals surface area (Å²) in [5.41, 5.74) is 3.77. The first-order valence-electron chi connectivity index (χ1n) is 8.32. The van der Waals surface area contributed by atoms with Crippen molar-refractivity contribution in [1.82, 2.24) is 9.55 Å². The number of aromatic nitrogens is 2. The molecule has 0 bridgehead atoms. The van der Waals surface area contributed by atoms with Gasteiger partial charge in [0, 0.05) is 16.6 Å². The van der Waals surface area contributed by atoms with Crippen molar-refractivity contribution in [3.05, 3.63) is 68.4 Å². The summed E-state index contributed by atoms with van der Waals surface area (Å²) in [7, 11) is 0. The van der Waals surface area contributed by atoms with Crippen molar-refractivity contribution >= 4 is 22.4 Å². The van der Waals surface area contributed by atoms with E-state index < -0.39 is 5.56 Å². The van der Waals surface area contributed by atoms with Crippen molar-refractivity contribution in [1.29, 1.82) is 5.26 Å². The predicted octanol–water partition coefficient (Wildman–Crippen LogP) is 3.41. The lowest BCUT2D eigenvalue weighted by atomic mass is 10.1. The molecule has 2 heterocycles. The topological polar surface area (TPSA) is 87.8 Å². The summed E-state index contributed by atoms with van der Waals surface area (Å²) in [4.78, 5) is 29.2. The fraction of sp³-hybridized carbons (Fsp3) is 0.200. The Morgan fingerprint density at radius 2 is 1.96 bits per heavy atom. The Morgan fingerprint density at radius 1 is 1.26 bits per heavy atom. The molecule has 136 valence electrons. The van der Waals surface area contributed by atoms with Crippen molar-refractivity contribution < 1.29 is 4.79 Å². The van der Waals surface area contributed by atoms with Crippen LogP contribution in [0.2, 0.25) is 0 Å². The van der Waals surface area contributed by atoms with Crippen LogP contribution in [0.25, 0.3) is 11.3 Å². The largest absolute Gasteiger partial charge is 0.302 e. The van der Waals surface area contributed by atoms with E-state index in [0.717, 1.165) is 16.8 Å². The second-order valence-electron chi connectivity index (χ2n) is 6.30. The van der Waals surface area contributed by atoms with Crippen molar-refractivity contribution in [2.75, 3.05) is 5.32 Å². The van der Waals surface area contributed by atoms with E-state index in [1.54, 1.807) is 19.9 Å². The van der Waals surface area contributed by atoms with Gasteiger partial charge in [-0.25, -0.2) is 4.98 Å². The minimum Gasteiger partial charge on any atom is -0.302 e.